The maximum atomic E-state index is 14.2. The van der Waals surface area contributed by atoms with E-state index in [9.17, 15) is 18.0 Å². The molecule has 1 atom stereocenters. The van der Waals surface area contributed by atoms with Crippen molar-refractivity contribution in [3.8, 4) is 0 Å². The van der Waals surface area contributed by atoms with Gasteiger partial charge in [0, 0.05) is 17.6 Å². The van der Waals surface area contributed by atoms with Crippen LogP contribution in [0.3, 0.4) is 0 Å². The zero-order chi connectivity index (χ0) is 29.6. The second kappa shape index (κ2) is 13.5. The highest BCUT2D eigenvalue weighted by Gasteiger charge is 2.34. The van der Waals surface area contributed by atoms with Crippen LogP contribution in [0.5, 0.6) is 0 Å². The van der Waals surface area contributed by atoms with Gasteiger partial charge in [0.1, 0.15) is 12.6 Å². The lowest BCUT2D eigenvalue weighted by atomic mass is 10.1. The fraction of sp³-hybridized carbons (Fsp3) is 0.375. The zero-order valence-electron chi connectivity index (χ0n) is 23.8. The van der Waals surface area contributed by atoms with E-state index < -0.39 is 28.5 Å². The van der Waals surface area contributed by atoms with E-state index in [1.54, 1.807) is 36.4 Å². The van der Waals surface area contributed by atoms with Crippen molar-refractivity contribution in [2.75, 3.05) is 10.8 Å². The molecule has 0 unspecified atom stereocenters. The van der Waals surface area contributed by atoms with Crippen LogP contribution in [0.15, 0.2) is 77.7 Å². The molecule has 0 aliphatic heterocycles. The Labute approximate surface area is 248 Å². The molecule has 218 valence electrons. The van der Waals surface area contributed by atoms with Gasteiger partial charge in [0.2, 0.25) is 11.8 Å². The minimum Gasteiger partial charge on any atom is -0.352 e. The number of halogens is 1. The summed E-state index contributed by atoms with van der Waals surface area (Å²) in [7, 11) is -4.14. The third-order valence-electron chi connectivity index (χ3n) is 7.58. The Morgan fingerprint density at radius 2 is 1.68 bits per heavy atom. The van der Waals surface area contributed by atoms with Crippen molar-refractivity contribution < 1.29 is 18.0 Å². The van der Waals surface area contributed by atoms with Gasteiger partial charge in [0.15, 0.2) is 0 Å². The lowest BCUT2D eigenvalue weighted by Gasteiger charge is -2.34. The molecule has 0 saturated heterocycles. The Bertz CT molecular complexity index is 1470. The average Bonchev–Trinajstić information content (AvgIpc) is 3.46. The summed E-state index contributed by atoms with van der Waals surface area (Å²) in [4.78, 5) is 29.3. The summed E-state index contributed by atoms with van der Waals surface area (Å²) in [5, 5.41) is 3.53. The molecule has 7 nitrogen and oxygen atoms in total. The van der Waals surface area contributed by atoms with E-state index in [0.29, 0.717) is 11.4 Å². The van der Waals surface area contributed by atoms with Gasteiger partial charge in [0.05, 0.1) is 10.6 Å². The van der Waals surface area contributed by atoms with E-state index in [1.807, 2.05) is 45.0 Å². The monoisotopic (exact) mass is 595 g/mol. The van der Waals surface area contributed by atoms with Gasteiger partial charge in [-0.15, -0.1) is 0 Å². The number of hydrogen-bond acceptors (Lipinski definition) is 4. The number of sulfonamides is 1. The van der Waals surface area contributed by atoms with E-state index in [-0.39, 0.29) is 29.1 Å². The minimum absolute atomic E-state index is 0.0562. The fourth-order valence-electron chi connectivity index (χ4n) is 5.28. The molecule has 1 aliphatic rings. The molecule has 1 saturated carbocycles. The molecule has 9 heteroatoms. The first-order valence-corrected chi connectivity index (χ1v) is 15.9. The van der Waals surface area contributed by atoms with Crippen LogP contribution in [-0.4, -0.2) is 43.8 Å². The second-order valence-electron chi connectivity index (χ2n) is 10.7. The Kier molecular flexibility index (Phi) is 10.1. The number of carbonyl (C=O) groups excluding carboxylic acids is 2. The molecular formula is C32H38ClN3O4S. The van der Waals surface area contributed by atoms with Crippen LogP contribution < -0.4 is 9.62 Å². The molecule has 0 heterocycles. The summed E-state index contributed by atoms with van der Waals surface area (Å²) in [6, 6.07) is 20.0. The summed E-state index contributed by atoms with van der Waals surface area (Å²) in [5.74, 6) is -0.688. The second-order valence-corrected chi connectivity index (χ2v) is 13.0. The molecule has 0 bridgehead atoms. The first-order chi connectivity index (χ1) is 19.6. The van der Waals surface area contributed by atoms with Gasteiger partial charge in [-0.1, -0.05) is 85.5 Å². The summed E-state index contributed by atoms with van der Waals surface area (Å²) in [5.41, 5.74) is 2.95. The smallest absolute Gasteiger partial charge is 0.264 e. The zero-order valence-corrected chi connectivity index (χ0v) is 25.4. The number of rotatable bonds is 11. The molecule has 0 aromatic heterocycles. The Hall–Kier alpha value is -3.36. The largest absolute Gasteiger partial charge is 0.352 e. The number of nitrogens with one attached hydrogen (secondary N) is 1. The number of benzene rings is 3. The van der Waals surface area contributed by atoms with Crippen molar-refractivity contribution in [1.29, 1.82) is 0 Å². The highest BCUT2D eigenvalue weighted by molar-refractivity contribution is 7.92. The van der Waals surface area contributed by atoms with Gasteiger partial charge in [-0.2, -0.15) is 0 Å². The van der Waals surface area contributed by atoms with Crippen molar-refractivity contribution in [3.05, 3.63) is 94.5 Å². The Balaban J connectivity index is 1.72. The average molecular weight is 596 g/mol. The predicted octanol–water partition coefficient (Wildman–Crippen LogP) is 6.02. The molecule has 1 N–H and O–H groups in total. The summed E-state index contributed by atoms with van der Waals surface area (Å²) < 4.78 is 28.9. The molecule has 0 spiro atoms. The van der Waals surface area contributed by atoms with Crippen molar-refractivity contribution in [3.63, 3.8) is 0 Å². The number of hydrogen-bond donors (Lipinski definition) is 1. The standard InChI is InChI=1S/C32H38ClN3O4S/c1-4-30(32(38)34-26-13-8-9-14-26)35(21-25-12-10-11-23(2)19-25)31(37)22-36(27-18-17-24(3)29(33)20-27)41(39,40)28-15-6-5-7-16-28/h5-7,10-12,15-20,26,30H,4,8-9,13-14,21-22H2,1-3H3,(H,34,38)/t30-/m1/s1. The van der Waals surface area contributed by atoms with Gasteiger partial charge >= 0.3 is 0 Å². The van der Waals surface area contributed by atoms with E-state index in [2.05, 4.69) is 5.32 Å². The van der Waals surface area contributed by atoms with E-state index in [4.69, 9.17) is 11.6 Å². The number of aryl methyl sites for hydroxylation is 2. The van der Waals surface area contributed by atoms with Crippen LogP contribution in [0.1, 0.15) is 55.7 Å². The Morgan fingerprint density at radius 1 is 0.976 bits per heavy atom. The quantitative estimate of drug-likeness (QED) is 0.294. The van der Waals surface area contributed by atoms with Crippen molar-refractivity contribution in [1.82, 2.24) is 10.2 Å². The topological polar surface area (TPSA) is 86.8 Å². The SMILES string of the molecule is CC[C@H](C(=O)NC1CCCC1)N(Cc1cccc(C)c1)C(=O)CN(c1ccc(C)c(Cl)c1)S(=O)(=O)c1ccccc1. The lowest BCUT2D eigenvalue weighted by Crippen LogP contribution is -2.53. The summed E-state index contributed by atoms with van der Waals surface area (Å²) >= 11 is 6.40. The van der Waals surface area contributed by atoms with Gasteiger partial charge in [0.25, 0.3) is 10.0 Å². The van der Waals surface area contributed by atoms with E-state index in [0.717, 1.165) is 46.7 Å². The van der Waals surface area contributed by atoms with Crippen molar-refractivity contribution >= 4 is 39.1 Å². The van der Waals surface area contributed by atoms with E-state index in [1.165, 1.54) is 17.0 Å². The first-order valence-electron chi connectivity index (χ1n) is 14.1. The molecule has 0 radical (unpaired) electrons. The minimum atomic E-state index is -4.14. The molecule has 3 aromatic rings. The first kappa shape index (κ1) is 30.6. The Morgan fingerprint density at radius 3 is 2.32 bits per heavy atom. The van der Waals surface area contributed by atoms with E-state index >= 15 is 0 Å². The van der Waals surface area contributed by atoms with Crippen molar-refractivity contribution in [2.45, 2.75) is 76.4 Å². The molecule has 2 amide bonds. The lowest BCUT2D eigenvalue weighted by molar-refractivity contribution is -0.140. The third kappa shape index (κ3) is 7.49. The molecule has 1 aliphatic carbocycles. The molecule has 1 fully saturated rings. The van der Waals surface area contributed by atoms with Gasteiger partial charge in [-0.3, -0.25) is 13.9 Å². The predicted molar refractivity (Wildman–Crippen MR) is 163 cm³/mol. The van der Waals surface area contributed by atoms with Crippen LogP contribution in [0.2, 0.25) is 5.02 Å². The highest BCUT2D eigenvalue weighted by atomic mass is 35.5. The molecular weight excluding hydrogens is 558 g/mol. The van der Waals surface area contributed by atoms with Gasteiger partial charge in [-0.05, 0) is 68.5 Å². The number of carbonyl (C=O) groups is 2. The maximum Gasteiger partial charge on any atom is 0.264 e. The highest BCUT2D eigenvalue weighted by Crippen LogP contribution is 2.29. The molecule has 4 rings (SSSR count). The molecule has 3 aromatic carbocycles. The maximum absolute atomic E-state index is 14.2. The van der Waals surface area contributed by atoms with Crippen LogP contribution in [0, 0.1) is 13.8 Å². The number of anilines is 1. The molecule has 41 heavy (non-hydrogen) atoms. The van der Waals surface area contributed by atoms with Crippen LogP contribution in [-0.2, 0) is 26.2 Å². The van der Waals surface area contributed by atoms with Crippen molar-refractivity contribution in [2.24, 2.45) is 0 Å². The van der Waals surface area contributed by atoms with Crippen LogP contribution in [0.4, 0.5) is 5.69 Å². The fourth-order valence-corrected chi connectivity index (χ4v) is 6.88. The number of amides is 2. The van der Waals surface area contributed by atoms with Gasteiger partial charge < -0.3 is 10.2 Å². The normalized spacial score (nSPS) is 14.4. The van der Waals surface area contributed by atoms with Crippen LogP contribution >= 0.6 is 11.6 Å². The van der Waals surface area contributed by atoms with Gasteiger partial charge in [-0.25, -0.2) is 8.42 Å². The van der Waals surface area contributed by atoms with Crippen LogP contribution in [0.25, 0.3) is 0 Å². The number of nitrogens with zero attached hydrogens (tertiary/aromatic N) is 2. The summed E-state index contributed by atoms with van der Waals surface area (Å²) in [6.07, 6.45) is 4.37. The summed E-state index contributed by atoms with van der Waals surface area (Å²) in [6.45, 7) is 5.34. The third-order valence-corrected chi connectivity index (χ3v) is 9.77.